The van der Waals surface area contributed by atoms with Crippen LogP contribution in [0.5, 0.6) is 5.75 Å². The smallest absolute Gasteiger partial charge is 0.410 e. The van der Waals surface area contributed by atoms with Gasteiger partial charge in [0.05, 0.1) is 31.4 Å². The van der Waals surface area contributed by atoms with Crippen molar-refractivity contribution in [3.63, 3.8) is 0 Å². The molecule has 7 nitrogen and oxygen atoms in total. The highest BCUT2D eigenvalue weighted by atomic mass is 16.6. The van der Waals surface area contributed by atoms with Crippen LogP contribution < -0.4 is 4.74 Å². The summed E-state index contributed by atoms with van der Waals surface area (Å²) in [5, 5.41) is 11.9. The number of likely N-dealkylation sites (tertiary alicyclic amines) is 1. The second-order valence-electron chi connectivity index (χ2n) is 9.55. The standard InChI is InChI=1S/C27H35NO6/c1-6-7-8-15-33-19-9-10-20-22(25(30)32-5)12-11-21(23(20)17-19)24-16-18(29)13-14-28(24)26(31)34-27(2,3)4/h6,9-12,17-18,24,29H,1,7-8,13-16H2,2-5H3/t18-,24-/m0/s1. The molecule has 1 aliphatic rings. The molecule has 2 aromatic carbocycles. The Morgan fingerprint density at radius 1 is 1.21 bits per heavy atom. The van der Waals surface area contributed by atoms with Crippen LogP contribution in [0.2, 0.25) is 0 Å². The number of methoxy groups -OCH3 is 1. The van der Waals surface area contributed by atoms with Crippen LogP contribution in [0.15, 0.2) is 43.0 Å². The van der Waals surface area contributed by atoms with E-state index >= 15 is 0 Å². The minimum Gasteiger partial charge on any atom is -0.494 e. The second kappa shape index (κ2) is 10.9. The van der Waals surface area contributed by atoms with Gasteiger partial charge in [0, 0.05) is 6.54 Å². The summed E-state index contributed by atoms with van der Waals surface area (Å²) < 4.78 is 16.6. The number of fused-ring (bicyclic) bond motifs is 1. The van der Waals surface area contributed by atoms with Crippen LogP contribution in [0.3, 0.4) is 0 Å². The minimum atomic E-state index is -0.638. The van der Waals surface area contributed by atoms with Crippen LogP contribution in [0.4, 0.5) is 4.79 Å². The van der Waals surface area contributed by atoms with Crippen molar-refractivity contribution in [3.05, 3.63) is 54.1 Å². The number of aliphatic hydroxyl groups is 1. The quantitative estimate of drug-likeness (QED) is 0.332. The van der Waals surface area contributed by atoms with Gasteiger partial charge in [-0.05, 0) is 87.1 Å². The van der Waals surface area contributed by atoms with Crippen molar-refractivity contribution in [1.82, 2.24) is 4.90 Å². The van der Waals surface area contributed by atoms with Crippen LogP contribution in [-0.4, -0.2) is 54.0 Å². The molecule has 0 radical (unpaired) electrons. The van der Waals surface area contributed by atoms with E-state index in [0.717, 1.165) is 23.8 Å². The maximum absolute atomic E-state index is 13.0. The lowest BCUT2D eigenvalue weighted by Gasteiger charge is -2.39. The Hall–Kier alpha value is -3.06. The van der Waals surface area contributed by atoms with Gasteiger partial charge in [0.2, 0.25) is 0 Å². The number of ether oxygens (including phenoxy) is 3. The van der Waals surface area contributed by atoms with E-state index in [-0.39, 0.29) is 0 Å². The number of nitrogens with zero attached hydrogens (tertiary/aromatic N) is 1. The van der Waals surface area contributed by atoms with E-state index in [1.807, 2.05) is 51.1 Å². The van der Waals surface area contributed by atoms with Crippen LogP contribution in [0.25, 0.3) is 10.8 Å². The highest BCUT2D eigenvalue weighted by molar-refractivity contribution is 6.06. The molecular weight excluding hydrogens is 434 g/mol. The molecule has 0 bridgehead atoms. The summed E-state index contributed by atoms with van der Waals surface area (Å²) in [6.07, 6.45) is 3.43. The number of hydrogen-bond acceptors (Lipinski definition) is 6. The number of piperidine rings is 1. The highest BCUT2D eigenvalue weighted by Crippen LogP contribution is 2.38. The van der Waals surface area contributed by atoms with E-state index in [4.69, 9.17) is 14.2 Å². The lowest BCUT2D eigenvalue weighted by Crippen LogP contribution is -2.45. The average molecular weight is 470 g/mol. The molecule has 0 aliphatic carbocycles. The number of unbranched alkanes of at least 4 members (excludes halogenated alkanes) is 1. The van der Waals surface area contributed by atoms with Gasteiger partial charge < -0.3 is 24.2 Å². The van der Waals surface area contributed by atoms with Gasteiger partial charge in [-0.2, -0.15) is 0 Å². The summed E-state index contributed by atoms with van der Waals surface area (Å²) in [7, 11) is 1.35. The summed E-state index contributed by atoms with van der Waals surface area (Å²) in [4.78, 5) is 27.2. The van der Waals surface area contributed by atoms with E-state index in [2.05, 4.69) is 6.58 Å². The fourth-order valence-electron chi connectivity index (χ4n) is 4.22. The van der Waals surface area contributed by atoms with Crippen LogP contribution >= 0.6 is 0 Å². The Labute approximate surface area is 201 Å². The van der Waals surface area contributed by atoms with Gasteiger partial charge in [-0.15, -0.1) is 6.58 Å². The van der Waals surface area contributed by atoms with Gasteiger partial charge in [-0.1, -0.05) is 12.1 Å². The molecule has 0 saturated carbocycles. The number of amides is 1. The van der Waals surface area contributed by atoms with Gasteiger partial charge in [-0.25, -0.2) is 9.59 Å². The third-order valence-corrected chi connectivity index (χ3v) is 5.81. The summed E-state index contributed by atoms with van der Waals surface area (Å²) in [6.45, 7) is 10.1. The van der Waals surface area contributed by atoms with Crippen LogP contribution in [0, 0.1) is 0 Å². The normalized spacial score (nSPS) is 18.4. The molecule has 0 unspecified atom stereocenters. The Morgan fingerprint density at radius 3 is 2.65 bits per heavy atom. The van der Waals surface area contributed by atoms with Crippen LogP contribution in [-0.2, 0) is 9.47 Å². The average Bonchev–Trinajstić information content (AvgIpc) is 2.79. The molecule has 184 valence electrons. The van der Waals surface area contributed by atoms with Crippen LogP contribution in [0.1, 0.15) is 68.4 Å². The van der Waals surface area contributed by atoms with Gasteiger partial charge in [0.15, 0.2) is 0 Å². The SMILES string of the molecule is C=CCCCOc1ccc2c(C(=O)OC)ccc([C@@H]3C[C@@H](O)CCN3C(=O)OC(C)(C)C)c2c1. The number of hydrogen-bond donors (Lipinski definition) is 1. The summed E-state index contributed by atoms with van der Waals surface area (Å²) in [6, 6.07) is 8.68. The number of esters is 1. The first-order valence-electron chi connectivity index (χ1n) is 11.7. The molecule has 3 rings (SSSR count). The second-order valence-corrected chi connectivity index (χ2v) is 9.55. The molecule has 0 spiro atoms. The molecule has 34 heavy (non-hydrogen) atoms. The Morgan fingerprint density at radius 2 is 1.97 bits per heavy atom. The van der Waals surface area contributed by atoms with Crippen molar-refractivity contribution in [2.75, 3.05) is 20.3 Å². The van der Waals surface area contributed by atoms with Crippen molar-refractivity contribution in [3.8, 4) is 5.75 Å². The highest BCUT2D eigenvalue weighted by Gasteiger charge is 2.35. The van der Waals surface area contributed by atoms with Crippen molar-refractivity contribution >= 4 is 22.8 Å². The largest absolute Gasteiger partial charge is 0.494 e. The molecule has 0 aromatic heterocycles. The van der Waals surface area contributed by atoms with E-state index in [1.165, 1.54) is 7.11 Å². The molecule has 1 saturated heterocycles. The summed E-state index contributed by atoms with van der Waals surface area (Å²) >= 11 is 0. The van der Waals surface area contributed by atoms with E-state index in [9.17, 15) is 14.7 Å². The molecule has 1 fully saturated rings. The molecule has 1 amide bonds. The molecule has 2 aromatic rings. The monoisotopic (exact) mass is 469 g/mol. The first-order valence-corrected chi connectivity index (χ1v) is 11.7. The number of benzene rings is 2. The fraction of sp³-hybridized carbons (Fsp3) is 0.481. The van der Waals surface area contributed by atoms with E-state index in [1.54, 1.807) is 11.0 Å². The molecule has 7 heteroatoms. The predicted molar refractivity (Wildman–Crippen MR) is 131 cm³/mol. The van der Waals surface area contributed by atoms with Crippen molar-refractivity contribution in [2.24, 2.45) is 0 Å². The number of carbonyl (C=O) groups is 2. The molecular formula is C27H35NO6. The zero-order valence-electron chi connectivity index (χ0n) is 20.5. The Kier molecular flexibility index (Phi) is 8.20. The van der Waals surface area contributed by atoms with Crippen molar-refractivity contribution in [1.29, 1.82) is 0 Å². The third-order valence-electron chi connectivity index (χ3n) is 5.81. The summed E-state index contributed by atoms with van der Waals surface area (Å²) in [5.74, 6) is 0.226. The number of allylic oxidation sites excluding steroid dienone is 1. The Bertz CT molecular complexity index is 1040. The first kappa shape index (κ1) is 25.6. The van der Waals surface area contributed by atoms with E-state index in [0.29, 0.717) is 42.7 Å². The molecule has 1 N–H and O–H groups in total. The van der Waals surface area contributed by atoms with Crippen molar-refractivity contribution in [2.45, 2.75) is 64.2 Å². The predicted octanol–water partition coefficient (Wildman–Crippen LogP) is 5.40. The van der Waals surface area contributed by atoms with Gasteiger partial charge in [0.25, 0.3) is 0 Å². The lowest BCUT2D eigenvalue weighted by atomic mass is 9.88. The third kappa shape index (κ3) is 6.08. The maximum Gasteiger partial charge on any atom is 0.410 e. The number of rotatable bonds is 7. The maximum atomic E-state index is 13.0. The van der Waals surface area contributed by atoms with Gasteiger partial charge in [0.1, 0.15) is 11.4 Å². The molecule has 1 aliphatic heterocycles. The first-order chi connectivity index (χ1) is 16.1. The van der Waals surface area contributed by atoms with Gasteiger partial charge >= 0.3 is 12.1 Å². The fourth-order valence-corrected chi connectivity index (χ4v) is 4.22. The zero-order chi connectivity index (χ0) is 24.9. The topological polar surface area (TPSA) is 85.3 Å². The van der Waals surface area contributed by atoms with Crippen molar-refractivity contribution < 1.29 is 28.9 Å². The number of carbonyl (C=O) groups excluding carboxylic acids is 2. The summed E-state index contributed by atoms with van der Waals surface area (Å²) in [5.41, 5.74) is 0.615. The molecule has 1 heterocycles. The Balaban J connectivity index is 2.07. The number of aliphatic hydroxyl groups excluding tert-OH is 1. The zero-order valence-corrected chi connectivity index (χ0v) is 20.5. The van der Waals surface area contributed by atoms with E-state index < -0.39 is 29.8 Å². The molecule has 2 atom stereocenters. The minimum absolute atomic E-state index is 0.371. The lowest BCUT2D eigenvalue weighted by molar-refractivity contribution is -0.00820. The van der Waals surface area contributed by atoms with Gasteiger partial charge in [-0.3, -0.25) is 0 Å².